The summed E-state index contributed by atoms with van der Waals surface area (Å²) in [5.74, 6) is 1.34. The van der Waals surface area contributed by atoms with Gasteiger partial charge in [-0.05, 0) is 19.1 Å². The van der Waals surface area contributed by atoms with Crippen molar-refractivity contribution in [2.75, 3.05) is 26.9 Å². The molecular formula is C14H17N3O4. The highest BCUT2D eigenvalue weighted by molar-refractivity contribution is 5.56. The predicted molar refractivity (Wildman–Crippen MR) is 72.8 cm³/mol. The van der Waals surface area contributed by atoms with Gasteiger partial charge in [-0.3, -0.25) is 0 Å². The van der Waals surface area contributed by atoms with Crippen molar-refractivity contribution in [1.29, 1.82) is 0 Å². The van der Waals surface area contributed by atoms with Crippen LogP contribution >= 0.6 is 0 Å². The normalized spacial score (nSPS) is 21.6. The van der Waals surface area contributed by atoms with Crippen LogP contribution in [0.25, 0.3) is 11.6 Å². The molecule has 0 saturated carbocycles. The molecular weight excluding hydrogens is 274 g/mol. The molecule has 0 amide bonds. The maximum absolute atomic E-state index is 5.77. The maximum atomic E-state index is 5.77. The van der Waals surface area contributed by atoms with Crippen molar-refractivity contribution in [3.05, 3.63) is 24.2 Å². The van der Waals surface area contributed by atoms with Crippen molar-refractivity contribution in [2.45, 2.75) is 18.9 Å². The first-order valence-electron chi connectivity index (χ1n) is 6.84. The standard InChI is InChI=1S/C14H17N3O4/c1-3-20-10-5-4-7-15-11(10)12-16-17-13(21-12)14(18-2)6-8-19-9-14/h4-5,7H,3,6,8-9H2,1-2H3. The third-order valence-corrected chi connectivity index (χ3v) is 3.46. The zero-order valence-corrected chi connectivity index (χ0v) is 12.0. The Balaban J connectivity index is 1.95. The molecule has 21 heavy (non-hydrogen) atoms. The van der Waals surface area contributed by atoms with Gasteiger partial charge in [-0.1, -0.05) is 0 Å². The first-order valence-corrected chi connectivity index (χ1v) is 6.84. The molecule has 0 N–H and O–H groups in total. The van der Waals surface area contributed by atoms with Gasteiger partial charge in [0.15, 0.2) is 17.0 Å². The van der Waals surface area contributed by atoms with E-state index < -0.39 is 5.60 Å². The fourth-order valence-corrected chi connectivity index (χ4v) is 2.29. The third kappa shape index (κ3) is 2.50. The molecule has 0 aliphatic carbocycles. The van der Waals surface area contributed by atoms with Crippen molar-refractivity contribution in [1.82, 2.24) is 15.2 Å². The highest BCUT2D eigenvalue weighted by Crippen LogP contribution is 2.35. The van der Waals surface area contributed by atoms with Crippen LogP contribution in [-0.2, 0) is 15.1 Å². The van der Waals surface area contributed by atoms with Gasteiger partial charge in [0.25, 0.3) is 11.8 Å². The van der Waals surface area contributed by atoms with E-state index in [2.05, 4.69) is 15.2 Å². The Morgan fingerprint density at radius 3 is 3.00 bits per heavy atom. The number of hydrogen-bond donors (Lipinski definition) is 0. The first kappa shape index (κ1) is 14.0. The van der Waals surface area contributed by atoms with E-state index in [-0.39, 0.29) is 0 Å². The topological polar surface area (TPSA) is 79.5 Å². The zero-order chi connectivity index (χ0) is 14.7. The molecule has 2 aromatic heterocycles. The molecule has 1 atom stereocenters. The smallest absolute Gasteiger partial charge is 0.270 e. The Labute approximate surface area is 122 Å². The lowest BCUT2D eigenvalue weighted by Crippen LogP contribution is -2.29. The predicted octanol–water partition coefficient (Wildman–Crippen LogP) is 1.79. The molecule has 7 heteroatoms. The van der Waals surface area contributed by atoms with Crippen molar-refractivity contribution in [3.63, 3.8) is 0 Å². The van der Waals surface area contributed by atoms with Gasteiger partial charge < -0.3 is 18.6 Å². The number of rotatable bonds is 5. The molecule has 3 heterocycles. The Morgan fingerprint density at radius 2 is 2.29 bits per heavy atom. The maximum Gasteiger partial charge on any atom is 0.270 e. The Kier molecular flexibility index (Phi) is 3.85. The van der Waals surface area contributed by atoms with E-state index >= 15 is 0 Å². The Hall–Kier alpha value is -1.99. The summed E-state index contributed by atoms with van der Waals surface area (Å²) in [6, 6.07) is 3.62. The minimum Gasteiger partial charge on any atom is -0.491 e. The summed E-state index contributed by atoms with van der Waals surface area (Å²) in [5.41, 5.74) is -0.130. The summed E-state index contributed by atoms with van der Waals surface area (Å²) in [6.07, 6.45) is 2.35. The second kappa shape index (κ2) is 5.79. The van der Waals surface area contributed by atoms with Gasteiger partial charge in [-0.15, -0.1) is 10.2 Å². The highest BCUT2D eigenvalue weighted by atomic mass is 16.6. The molecule has 2 aromatic rings. The summed E-state index contributed by atoms with van der Waals surface area (Å²) >= 11 is 0. The lowest BCUT2D eigenvalue weighted by atomic mass is 10.0. The number of ether oxygens (including phenoxy) is 3. The second-order valence-electron chi connectivity index (χ2n) is 4.70. The number of aromatic nitrogens is 3. The van der Waals surface area contributed by atoms with Crippen LogP contribution in [0.4, 0.5) is 0 Å². The minimum atomic E-state index is -0.661. The third-order valence-electron chi connectivity index (χ3n) is 3.46. The monoisotopic (exact) mass is 291 g/mol. The minimum absolute atomic E-state index is 0.317. The van der Waals surface area contributed by atoms with Crippen LogP contribution in [-0.4, -0.2) is 42.1 Å². The molecule has 1 aliphatic rings. The summed E-state index contributed by atoms with van der Waals surface area (Å²) in [5, 5.41) is 8.17. The molecule has 7 nitrogen and oxygen atoms in total. The molecule has 1 unspecified atom stereocenters. The molecule has 0 spiro atoms. The van der Waals surface area contributed by atoms with E-state index in [9.17, 15) is 0 Å². The van der Waals surface area contributed by atoms with Gasteiger partial charge in [0.1, 0.15) is 0 Å². The van der Waals surface area contributed by atoms with Crippen molar-refractivity contribution < 1.29 is 18.6 Å². The average Bonchev–Trinajstić information content (AvgIpc) is 3.18. The average molecular weight is 291 g/mol. The zero-order valence-electron chi connectivity index (χ0n) is 12.0. The molecule has 1 aliphatic heterocycles. The SMILES string of the molecule is CCOc1cccnc1-c1nnc(C2(OC)CCOC2)o1. The van der Waals surface area contributed by atoms with Gasteiger partial charge in [0, 0.05) is 19.7 Å². The summed E-state index contributed by atoms with van der Waals surface area (Å²) < 4.78 is 22.2. The molecule has 3 rings (SSSR count). The molecule has 1 fully saturated rings. The van der Waals surface area contributed by atoms with Gasteiger partial charge in [-0.2, -0.15) is 0 Å². The van der Waals surface area contributed by atoms with E-state index in [1.807, 2.05) is 13.0 Å². The van der Waals surface area contributed by atoms with Crippen LogP contribution in [0.1, 0.15) is 19.2 Å². The molecule has 1 saturated heterocycles. The number of pyridine rings is 1. The Bertz CT molecular complexity index is 608. The molecule has 0 radical (unpaired) electrons. The van der Waals surface area contributed by atoms with Crippen LogP contribution in [0.15, 0.2) is 22.7 Å². The Morgan fingerprint density at radius 1 is 1.38 bits per heavy atom. The van der Waals surface area contributed by atoms with Crippen LogP contribution in [0.5, 0.6) is 5.75 Å². The molecule has 0 aromatic carbocycles. The van der Waals surface area contributed by atoms with E-state index in [0.717, 1.165) is 0 Å². The van der Waals surface area contributed by atoms with Crippen molar-refractivity contribution in [3.8, 4) is 17.3 Å². The quantitative estimate of drug-likeness (QED) is 0.830. The largest absolute Gasteiger partial charge is 0.491 e. The number of methoxy groups -OCH3 is 1. The van der Waals surface area contributed by atoms with Gasteiger partial charge in [0.05, 0.1) is 19.8 Å². The first-order chi connectivity index (χ1) is 10.3. The summed E-state index contributed by atoms with van der Waals surface area (Å²) in [6.45, 7) is 3.46. The summed E-state index contributed by atoms with van der Waals surface area (Å²) in [7, 11) is 1.62. The molecule has 0 bridgehead atoms. The van der Waals surface area contributed by atoms with Crippen LogP contribution in [0.2, 0.25) is 0 Å². The van der Waals surface area contributed by atoms with Crippen LogP contribution < -0.4 is 4.74 Å². The lowest BCUT2D eigenvalue weighted by molar-refractivity contribution is -0.0407. The number of nitrogens with zero attached hydrogens (tertiary/aromatic N) is 3. The van der Waals surface area contributed by atoms with Crippen LogP contribution in [0.3, 0.4) is 0 Å². The fourth-order valence-electron chi connectivity index (χ4n) is 2.29. The van der Waals surface area contributed by atoms with Crippen molar-refractivity contribution in [2.24, 2.45) is 0 Å². The van der Waals surface area contributed by atoms with E-state index in [1.165, 1.54) is 0 Å². The second-order valence-corrected chi connectivity index (χ2v) is 4.70. The van der Waals surface area contributed by atoms with E-state index in [0.29, 0.717) is 49.5 Å². The van der Waals surface area contributed by atoms with E-state index in [1.54, 1.807) is 19.4 Å². The number of hydrogen-bond acceptors (Lipinski definition) is 7. The van der Waals surface area contributed by atoms with Gasteiger partial charge >= 0.3 is 0 Å². The van der Waals surface area contributed by atoms with E-state index in [4.69, 9.17) is 18.6 Å². The molecule has 112 valence electrons. The van der Waals surface area contributed by atoms with Crippen molar-refractivity contribution >= 4 is 0 Å². The summed E-state index contributed by atoms with van der Waals surface area (Å²) in [4.78, 5) is 4.26. The van der Waals surface area contributed by atoms with Gasteiger partial charge in [-0.25, -0.2) is 4.98 Å². The lowest BCUT2D eigenvalue weighted by Gasteiger charge is -2.20. The highest BCUT2D eigenvalue weighted by Gasteiger charge is 2.42. The fraction of sp³-hybridized carbons (Fsp3) is 0.500. The van der Waals surface area contributed by atoms with Gasteiger partial charge in [0.2, 0.25) is 0 Å². The van der Waals surface area contributed by atoms with Crippen LogP contribution in [0, 0.1) is 0 Å².